The molecule has 0 amide bonds. The summed E-state index contributed by atoms with van der Waals surface area (Å²) in [5.41, 5.74) is 2.24. The predicted molar refractivity (Wildman–Crippen MR) is 53.6 cm³/mol. The van der Waals surface area contributed by atoms with Gasteiger partial charge in [-0.2, -0.15) is 12.6 Å². The maximum atomic E-state index is 4.27. The molecule has 1 heterocycles. The molecule has 0 saturated carbocycles. The zero-order valence-electron chi connectivity index (χ0n) is 6.64. The normalized spacial score (nSPS) is 10.8. The fourth-order valence-electron chi connectivity index (χ4n) is 1.30. The van der Waals surface area contributed by atoms with Gasteiger partial charge < -0.3 is 4.57 Å². The van der Waals surface area contributed by atoms with Crippen LogP contribution >= 0.6 is 12.6 Å². The second-order valence-corrected chi connectivity index (χ2v) is 3.10. The zero-order chi connectivity index (χ0) is 8.39. The molecule has 2 aromatic rings. The van der Waals surface area contributed by atoms with E-state index in [9.17, 15) is 0 Å². The smallest absolute Gasteiger partial charge is 0.0958 e. The molecule has 12 heavy (non-hydrogen) atoms. The summed E-state index contributed by atoms with van der Waals surface area (Å²) >= 11 is 4.18. The second-order valence-electron chi connectivity index (χ2n) is 2.65. The first kappa shape index (κ1) is 7.68. The van der Waals surface area contributed by atoms with E-state index in [-0.39, 0.29) is 0 Å². The van der Waals surface area contributed by atoms with Crippen LogP contribution in [0.3, 0.4) is 0 Å². The second kappa shape index (κ2) is 3.19. The Kier molecular flexibility index (Phi) is 2.04. The van der Waals surface area contributed by atoms with E-state index in [1.165, 1.54) is 5.52 Å². The summed E-state index contributed by atoms with van der Waals surface area (Å²) in [6.45, 7) is 0.920. The molecule has 0 atom stereocenters. The summed E-state index contributed by atoms with van der Waals surface area (Å²) < 4.78 is 2.11. The Hall–Kier alpha value is -0.960. The third kappa shape index (κ3) is 1.20. The van der Waals surface area contributed by atoms with E-state index in [0.717, 1.165) is 17.8 Å². The van der Waals surface area contributed by atoms with Gasteiger partial charge in [-0.25, -0.2) is 4.98 Å². The molecule has 0 N–H and O–H groups in total. The van der Waals surface area contributed by atoms with Gasteiger partial charge in [0.1, 0.15) is 0 Å². The number of aryl methyl sites for hydroxylation is 1. The monoisotopic (exact) mass is 178 g/mol. The molecule has 62 valence electrons. The Labute approximate surface area is 76.6 Å². The number of hydrogen-bond donors (Lipinski definition) is 1. The van der Waals surface area contributed by atoms with Crippen molar-refractivity contribution in [2.24, 2.45) is 0 Å². The van der Waals surface area contributed by atoms with Crippen LogP contribution in [0.25, 0.3) is 11.0 Å². The van der Waals surface area contributed by atoms with Gasteiger partial charge in [0.05, 0.1) is 17.4 Å². The maximum Gasteiger partial charge on any atom is 0.0958 e. The highest BCUT2D eigenvalue weighted by Gasteiger charge is 1.98. The number of rotatable bonds is 2. The molecule has 0 fully saturated rings. The number of para-hydroxylation sites is 2. The summed E-state index contributed by atoms with van der Waals surface area (Å²) in [5, 5.41) is 0. The predicted octanol–water partition coefficient (Wildman–Crippen LogP) is 1.97. The van der Waals surface area contributed by atoms with Gasteiger partial charge >= 0.3 is 0 Å². The van der Waals surface area contributed by atoms with Gasteiger partial charge in [-0.1, -0.05) is 12.1 Å². The van der Waals surface area contributed by atoms with Gasteiger partial charge in [-0.3, -0.25) is 0 Å². The summed E-state index contributed by atoms with van der Waals surface area (Å²) in [7, 11) is 0. The van der Waals surface area contributed by atoms with Crippen molar-refractivity contribution >= 4 is 23.7 Å². The number of imidazole rings is 1. The molecule has 0 aliphatic carbocycles. The van der Waals surface area contributed by atoms with E-state index in [1.807, 2.05) is 24.5 Å². The molecule has 0 spiro atoms. The molecule has 0 radical (unpaired) electrons. The van der Waals surface area contributed by atoms with Crippen LogP contribution in [0.2, 0.25) is 0 Å². The van der Waals surface area contributed by atoms with Crippen LogP contribution in [0.5, 0.6) is 0 Å². The highest BCUT2D eigenvalue weighted by molar-refractivity contribution is 7.80. The first-order chi connectivity index (χ1) is 5.92. The third-order valence-electron chi connectivity index (χ3n) is 1.87. The number of thiol groups is 1. The van der Waals surface area contributed by atoms with Crippen molar-refractivity contribution in [2.75, 3.05) is 5.75 Å². The van der Waals surface area contributed by atoms with Crippen molar-refractivity contribution in [1.82, 2.24) is 9.55 Å². The zero-order valence-corrected chi connectivity index (χ0v) is 7.54. The molecule has 1 aromatic carbocycles. The molecule has 3 heteroatoms. The lowest BCUT2D eigenvalue weighted by molar-refractivity contribution is 0.798. The van der Waals surface area contributed by atoms with Crippen LogP contribution in [0.1, 0.15) is 0 Å². The van der Waals surface area contributed by atoms with Gasteiger partial charge in [-0.05, 0) is 12.1 Å². The molecule has 0 unspecified atom stereocenters. The topological polar surface area (TPSA) is 17.8 Å². The van der Waals surface area contributed by atoms with Crippen molar-refractivity contribution in [1.29, 1.82) is 0 Å². The van der Waals surface area contributed by atoms with Crippen LogP contribution in [0.4, 0.5) is 0 Å². The molecular formula is C9H10N2S. The molecule has 2 nitrogen and oxygen atoms in total. The first-order valence-electron chi connectivity index (χ1n) is 3.92. The van der Waals surface area contributed by atoms with E-state index < -0.39 is 0 Å². The molecule has 0 bridgehead atoms. The van der Waals surface area contributed by atoms with Crippen LogP contribution in [-0.4, -0.2) is 15.3 Å². The first-order valence-corrected chi connectivity index (χ1v) is 4.56. The average Bonchev–Trinajstić information content (AvgIpc) is 2.50. The van der Waals surface area contributed by atoms with Crippen LogP contribution in [0, 0.1) is 0 Å². The number of aromatic nitrogens is 2. The SMILES string of the molecule is SCCn1cnc2ccccc21. The van der Waals surface area contributed by atoms with Crippen LogP contribution < -0.4 is 0 Å². The summed E-state index contributed by atoms with van der Waals surface area (Å²) in [6, 6.07) is 8.12. The number of benzene rings is 1. The van der Waals surface area contributed by atoms with Crippen molar-refractivity contribution in [3.8, 4) is 0 Å². The minimum Gasteiger partial charge on any atom is -0.330 e. The highest BCUT2D eigenvalue weighted by Crippen LogP contribution is 2.11. The average molecular weight is 178 g/mol. The number of nitrogens with zero attached hydrogens (tertiary/aromatic N) is 2. The Balaban J connectivity index is 2.55. The molecule has 0 aliphatic rings. The van der Waals surface area contributed by atoms with Crippen molar-refractivity contribution in [2.45, 2.75) is 6.54 Å². The standard InChI is InChI=1S/C9H10N2S/c12-6-5-11-7-10-8-3-1-2-4-9(8)11/h1-4,7,12H,5-6H2. The van der Waals surface area contributed by atoms with E-state index in [0.29, 0.717) is 0 Å². The van der Waals surface area contributed by atoms with E-state index >= 15 is 0 Å². The quantitative estimate of drug-likeness (QED) is 0.696. The fourth-order valence-corrected chi connectivity index (χ4v) is 1.51. The van der Waals surface area contributed by atoms with Gasteiger partial charge in [0.25, 0.3) is 0 Å². The minimum absolute atomic E-state index is 0.848. The Bertz CT molecular complexity index is 381. The third-order valence-corrected chi connectivity index (χ3v) is 2.07. The minimum atomic E-state index is 0.848. The summed E-state index contributed by atoms with van der Waals surface area (Å²) in [6.07, 6.45) is 1.86. The maximum absolute atomic E-state index is 4.27. The largest absolute Gasteiger partial charge is 0.330 e. The van der Waals surface area contributed by atoms with E-state index in [4.69, 9.17) is 0 Å². The molecular weight excluding hydrogens is 168 g/mol. The Morgan fingerprint density at radius 3 is 3.00 bits per heavy atom. The number of fused-ring (bicyclic) bond motifs is 1. The van der Waals surface area contributed by atoms with E-state index in [2.05, 4.69) is 28.2 Å². The Morgan fingerprint density at radius 1 is 1.33 bits per heavy atom. The van der Waals surface area contributed by atoms with Gasteiger partial charge in [0.15, 0.2) is 0 Å². The summed E-state index contributed by atoms with van der Waals surface area (Å²) in [4.78, 5) is 4.27. The lowest BCUT2D eigenvalue weighted by atomic mass is 10.3. The highest BCUT2D eigenvalue weighted by atomic mass is 32.1. The lowest BCUT2D eigenvalue weighted by Crippen LogP contribution is -1.95. The van der Waals surface area contributed by atoms with Gasteiger partial charge in [0, 0.05) is 12.3 Å². The van der Waals surface area contributed by atoms with E-state index in [1.54, 1.807) is 0 Å². The van der Waals surface area contributed by atoms with Crippen LogP contribution in [0.15, 0.2) is 30.6 Å². The molecule has 2 rings (SSSR count). The summed E-state index contributed by atoms with van der Waals surface area (Å²) in [5.74, 6) is 0.848. The Morgan fingerprint density at radius 2 is 2.17 bits per heavy atom. The molecule has 0 saturated heterocycles. The van der Waals surface area contributed by atoms with Crippen molar-refractivity contribution in [3.63, 3.8) is 0 Å². The fraction of sp³-hybridized carbons (Fsp3) is 0.222. The van der Waals surface area contributed by atoms with Crippen molar-refractivity contribution < 1.29 is 0 Å². The van der Waals surface area contributed by atoms with Gasteiger partial charge in [-0.15, -0.1) is 0 Å². The molecule has 0 aliphatic heterocycles. The van der Waals surface area contributed by atoms with Crippen LogP contribution in [-0.2, 0) is 6.54 Å². The van der Waals surface area contributed by atoms with Crippen molar-refractivity contribution in [3.05, 3.63) is 30.6 Å². The lowest BCUT2D eigenvalue weighted by Gasteiger charge is -1.98. The molecule has 1 aromatic heterocycles. The number of hydrogen-bond acceptors (Lipinski definition) is 2. The van der Waals surface area contributed by atoms with Gasteiger partial charge in [0.2, 0.25) is 0 Å².